The van der Waals surface area contributed by atoms with E-state index >= 15 is 28.8 Å². The first-order chi connectivity index (χ1) is 61.3. The molecule has 0 unspecified atom stereocenters. The van der Waals surface area contributed by atoms with Gasteiger partial charge in [-0.2, -0.15) is 0 Å². The molecule has 3 saturated heterocycles. The van der Waals surface area contributed by atoms with Crippen molar-refractivity contribution in [3.63, 3.8) is 0 Å². The molecule has 39 heteroatoms. The summed E-state index contributed by atoms with van der Waals surface area (Å²) in [6.07, 6.45) is -22.5. The largest absolute Gasteiger partial charge is 0.508 e. The fraction of sp³-hybridized carbons (Fsp3) is 0.444. The monoisotopic (exact) mass is 1830 g/mol. The van der Waals surface area contributed by atoms with Crippen LogP contribution in [0.2, 0.25) is 10.0 Å². The lowest BCUT2D eigenvalue weighted by Crippen LogP contribution is -2.65. The van der Waals surface area contributed by atoms with E-state index in [1.165, 1.54) is 58.3 Å². The molecule has 15 rings (SSSR count). The number of ether oxygens (including phenoxy) is 9. The number of phenolic OH excluding ortho intramolecular Hbond substituents is 3. The van der Waals surface area contributed by atoms with Gasteiger partial charge in [-0.3, -0.25) is 38.4 Å². The second-order valence-electron chi connectivity index (χ2n) is 33.9. The summed E-state index contributed by atoms with van der Waals surface area (Å²) < 4.78 is 58.6. The number of aliphatic hydroxyl groups is 6. The van der Waals surface area contributed by atoms with Crippen LogP contribution in [-0.2, 0) is 73.3 Å². The molecular formula is C90H107Cl2N11O26. The average Bonchev–Trinajstić information content (AvgIpc) is 0.754. The third kappa shape index (κ3) is 21.6. The van der Waals surface area contributed by atoms with E-state index in [4.69, 9.17) is 77.3 Å². The number of rotatable bonds is 23. The van der Waals surface area contributed by atoms with Crippen molar-refractivity contribution in [1.82, 2.24) is 47.9 Å². The molecule has 11 bridgehead atoms. The summed E-state index contributed by atoms with van der Waals surface area (Å²) in [7, 11) is 2.91. The van der Waals surface area contributed by atoms with E-state index in [0.29, 0.717) is 0 Å². The number of carbonyl (C=O) groups is 8. The van der Waals surface area contributed by atoms with Crippen molar-refractivity contribution in [2.75, 3.05) is 33.9 Å². The van der Waals surface area contributed by atoms with Gasteiger partial charge >= 0.3 is 0 Å². The maximum absolute atomic E-state index is 16.7. The van der Waals surface area contributed by atoms with Gasteiger partial charge < -0.3 is 148 Å². The van der Waals surface area contributed by atoms with Crippen LogP contribution in [0, 0.1) is 5.92 Å². The van der Waals surface area contributed by atoms with Gasteiger partial charge in [-0.15, -0.1) is 0 Å². The van der Waals surface area contributed by atoms with Crippen LogP contribution < -0.4 is 73.5 Å². The summed E-state index contributed by atoms with van der Waals surface area (Å²) in [4.78, 5) is 123. The highest BCUT2D eigenvalue weighted by Crippen LogP contribution is 2.51. The Balaban J connectivity index is 1.02. The van der Waals surface area contributed by atoms with Crippen LogP contribution in [-0.4, -0.2) is 230 Å². The number of amides is 8. The quantitative estimate of drug-likeness (QED) is 0.0404. The van der Waals surface area contributed by atoms with Gasteiger partial charge in [0.05, 0.1) is 53.5 Å². The molecule has 8 heterocycles. The molecule has 7 aromatic rings. The normalized spacial score (nSPS) is 29.2. The van der Waals surface area contributed by atoms with Crippen molar-refractivity contribution < 1.29 is 127 Å². The van der Waals surface area contributed by atoms with E-state index in [1.54, 1.807) is 13.8 Å². The molecule has 692 valence electrons. The Morgan fingerprint density at radius 3 is 1.91 bits per heavy atom. The van der Waals surface area contributed by atoms with Crippen LogP contribution in [0.3, 0.4) is 0 Å². The highest BCUT2D eigenvalue weighted by Gasteiger charge is 2.53. The molecule has 22 atom stereocenters. The number of nitrogens with two attached hydrogens (primary N) is 2. The Kier molecular flexibility index (Phi) is 30.1. The number of aromatic hydroxyl groups is 3. The highest BCUT2D eigenvalue weighted by molar-refractivity contribution is 6.32. The summed E-state index contributed by atoms with van der Waals surface area (Å²) in [6.45, 7) is 9.25. The Bertz CT molecular complexity index is 5300. The summed E-state index contributed by atoms with van der Waals surface area (Å²) in [5, 5.41) is 131. The zero-order valence-corrected chi connectivity index (χ0v) is 73.1. The predicted molar refractivity (Wildman–Crippen MR) is 462 cm³/mol. The van der Waals surface area contributed by atoms with Crippen molar-refractivity contribution in [3.05, 3.63) is 177 Å². The molecule has 0 aliphatic carbocycles. The smallest absolute Gasteiger partial charge is 0.248 e. The van der Waals surface area contributed by atoms with Crippen molar-refractivity contribution in [1.29, 1.82) is 0 Å². The van der Waals surface area contributed by atoms with Gasteiger partial charge in [0, 0.05) is 67.9 Å². The molecule has 7 aromatic carbocycles. The van der Waals surface area contributed by atoms with Gasteiger partial charge in [0.2, 0.25) is 59.3 Å². The Hall–Kier alpha value is -10.9. The lowest BCUT2D eigenvalue weighted by atomic mass is 9.84. The van der Waals surface area contributed by atoms with Crippen molar-refractivity contribution >= 4 is 70.5 Å². The average molecular weight is 1830 g/mol. The van der Waals surface area contributed by atoms with E-state index < -0.39 is 250 Å². The molecule has 129 heavy (non-hydrogen) atoms. The number of aliphatic hydroxyl groups excluding tert-OH is 6. The molecular weight excluding hydrogens is 1720 g/mol. The molecule has 0 radical (unpaired) electrons. The van der Waals surface area contributed by atoms with Crippen LogP contribution in [0.1, 0.15) is 137 Å². The van der Waals surface area contributed by atoms with Crippen LogP contribution in [0.5, 0.6) is 46.0 Å². The van der Waals surface area contributed by atoms with Crippen LogP contribution in [0.15, 0.2) is 133 Å². The van der Waals surface area contributed by atoms with Crippen molar-refractivity contribution in [2.45, 2.75) is 213 Å². The highest BCUT2D eigenvalue weighted by atomic mass is 35.5. The number of carbonyl (C=O) groups excluding carboxylic acids is 8. The SMILES string of the molecule is CN[C@H](CC(C)C)C(=O)N[C@H]1C(=O)N[C@@H](CC(N)=O)C(=O)N[C@H]2C(=O)N[C@H]3C(=O)N[C@H](C(=O)N[C@H](C(=O)NCCCOC)c4cc(O)cc(O)c4-c4cc3ccc4O)[C@H](O[C@H]3C[C@](C)(N)[C@@H](O)[C@H](C)O3)c3ccc(c(Cl)c3)Oc3cc2cc(c3O[C@@H]2O[C@H](CO)[C@@H](O)[C@H](O)[C@H]2O[C@H]2C[C@](C)(NCc3ccc(-c4ccccc4)cc3)[C@@H](O)[C@H](C)O2)Oc2ccc(cc2Cl)[C@H]1O. The van der Waals surface area contributed by atoms with Crippen LogP contribution in [0.25, 0.3) is 22.3 Å². The summed E-state index contributed by atoms with van der Waals surface area (Å²) >= 11 is 14.8. The second kappa shape index (κ2) is 40.6. The molecule has 0 aromatic heterocycles. The number of methoxy groups -OCH3 is 1. The Labute approximate surface area is 751 Å². The molecule has 0 spiro atoms. The van der Waals surface area contributed by atoms with Gasteiger partial charge in [0.25, 0.3) is 0 Å². The molecule has 0 saturated carbocycles. The van der Waals surface area contributed by atoms with Gasteiger partial charge in [-0.25, -0.2) is 0 Å². The molecule has 37 nitrogen and oxygen atoms in total. The third-order valence-electron chi connectivity index (χ3n) is 23.7. The molecule has 8 aliphatic rings. The molecule has 22 N–H and O–H groups in total. The number of halogens is 2. The van der Waals surface area contributed by atoms with Gasteiger partial charge in [-0.1, -0.05) is 110 Å². The number of phenols is 3. The van der Waals surface area contributed by atoms with E-state index in [1.807, 2.05) is 68.4 Å². The topological polar surface area (TPSA) is 562 Å². The van der Waals surface area contributed by atoms with Crippen molar-refractivity contribution in [2.24, 2.45) is 17.4 Å². The minimum Gasteiger partial charge on any atom is -0.508 e. The fourth-order valence-corrected chi connectivity index (χ4v) is 17.1. The summed E-state index contributed by atoms with van der Waals surface area (Å²) in [5.41, 5.74) is 10.4. The van der Waals surface area contributed by atoms with Crippen molar-refractivity contribution in [3.8, 4) is 68.2 Å². The lowest BCUT2D eigenvalue weighted by Gasteiger charge is -2.48. The maximum Gasteiger partial charge on any atom is 0.248 e. The van der Waals surface area contributed by atoms with E-state index in [0.717, 1.165) is 65.2 Å². The second-order valence-corrected chi connectivity index (χ2v) is 34.7. The Morgan fingerprint density at radius 2 is 1.27 bits per heavy atom. The number of likely N-dealkylation sites (N-methyl/N-ethyl adjacent to an activating group) is 1. The zero-order chi connectivity index (χ0) is 92.9. The molecule has 8 aliphatic heterocycles. The van der Waals surface area contributed by atoms with E-state index in [2.05, 4.69) is 47.9 Å². The third-order valence-corrected chi connectivity index (χ3v) is 24.3. The summed E-state index contributed by atoms with van der Waals surface area (Å²) in [5.74, 6) is -14.7. The first-order valence-electron chi connectivity index (χ1n) is 42.0. The van der Waals surface area contributed by atoms with E-state index in [-0.39, 0.29) is 90.1 Å². The number of hydrogen-bond donors (Lipinski definition) is 20. The number of benzene rings is 7. The number of nitrogens with one attached hydrogen (secondary N) is 9. The fourth-order valence-electron chi connectivity index (χ4n) is 16.7. The first kappa shape index (κ1) is 95.7. The zero-order valence-electron chi connectivity index (χ0n) is 71.6. The van der Waals surface area contributed by atoms with Gasteiger partial charge in [-0.05, 0) is 153 Å². The van der Waals surface area contributed by atoms with Crippen LogP contribution >= 0.6 is 23.2 Å². The number of fused-ring (bicyclic) bond motifs is 15. The first-order valence-corrected chi connectivity index (χ1v) is 42.8. The number of hydrogen-bond acceptors (Lipinski definition) is 29. The summed E-state index contributed by atoms with van der Waals surface area (Å²) in [6, 6.07) is 18.2. The van der Waals surface area contributed by atoms with Gasteiger partial charge in [0.15, 0.2) is 30.2 Å². The molecule has 8 amide bonds. The predicted octanol–water partition coefficient (Wildman–Crippen LogP) is 3.91. The lowest BCUT2D eigenvalue weighted by molar-refractivity contribution is -0.334. The standard InChI is InChI=1S/C90H107Cl2N11O26/c1-40(2)27-55(95-7)81(114)102-71-73(109)47-20-23-59(53(91)29-47)124-61-31-49-32-62(77(61)129-88-78(75(111)74(110)63(39-104)126-88)128-66-37-90(6,80(113)42(4)123-66)97-38-43-15-17-45(18-16-43)44-13-10-9-11-14-44)125-60-24-21-48(30-54(60)92)76(127-65-36-89(5,94)79(112)41(3)122-65)72-87(120)101-70(83(116)96-25-12-26-121-8)52-33-50(105)34-58(107)67(52)51-28-46(19-22-57(51)106)68(84(117)103-72)100-85(118)69(49)99-82(115)56(35-64(93)108)98-86(71)119/h9-11,13-24,28-34,40-42,55-56,63,65-66,68-76,78-80,88,95,97,104-107,109-113H,12,25-27,35-39,94H2,1-8H3,(H2,93,108)(H,96,116)(H,98,119)(H,99,115)(H,100,118)(H,101,120)(H,102,114)(H,103,117)/t41-,42-,55+,56-,63+,65-,66-,68+,69+,70-,71+,72-,73+,74+,75-,76+,78+,79-,80-,88-,89-,90-/m0/s1. The van der Waals surface area contributed by atoms with E-state index in [9.17, 15) is 55.5 Å². The van der Waals surface area contributed by atoms with Crippen LogP contribution in [0.4, 0.5) is 0 Å². The molecule has 3 fully saturated rings. The van der Waals surface area contributed by atoms with Gasteiger partial charge in [0.1, 0.15) is 95.5 Å². The number of primary amides is 1. The minimum absolute atomic E-state index is 0.0923. The minimum atomic E-state index is -2.38. The maximum atomic E-state index is 16.7. The Morgan fingerprint density at radius 1 is 0.651 bits per heavy atom.